The summed E-state index contributed by atoms with van der Waals surface area (Å²) in [5, 5.41) is 8.01. The van der Waals surface area contributed by atoms with Crippen LogP contribution in [0, 0.1) is 13.8 Å². The van der Waals surface area contributed by atoms with Gasteiger partial charge in [0.15, 0.2) is 0 Å². The molecule has 6 nitrogen and oxygen atoms in total. The fraction of sp³-hybridized carbons (Fsp3) is 0.462. The molecule has 0 aliphatic rings. The lowest BCUT2D eigenvalue weighted by molar-refractivity contribution is -0.122. The number of nitrogens with zero attached hydrogens (tertiary/aromatic N) is 3. The Balaban J connectivity index is 1.90. The Morgan fingerprint density at radius 3 is 2.80 bits per heavy atom. The van der Waals surface area contributed by atoms with Crippen LogP contribution in [0.25, 0.3) is 0 Å². The van der Waals surface area contributed by atoms with E-state index in [1.165, 1.54) is 4.88 Å². The molecule has 0 bridgehead atoms. The van der Waals surface area contributed by atoms with Gasteiger partial charge in [-0.25, -0.2) is 4.98 Å². The third-order valence-electron chi connectivity index (χ3n) is 3.12. The average molecular weight is 293 g/mol. The van der Waals surface area contributed by atoms with Crippen LogP contribution in [0.5, 0.6) is 0 Å². The molecule has 20 heavy (non-hydrogen) atoms. The van der Waals surface area contributed by atoms with E-state index in [1.807, 2.05) is 20.0 Å². The summed E-state index contributed by atoms with van der Waals surface area (Å²) in [6.45, 7) is 6.41. The maximum Gasteiger partial charge on any atom is 0.242 e. The normalized spacial score (nSPS) is 10.8. The van der Waals surface area contributed by atoms with Gasteiger partial charge in [0.2, 0.25) is 5.91 Å². The van der Waals surface area contributed by atoms with E-state index in [-0.39, 0.29) is 12.5 Å². The second-order valence-corrected chi connectivity index (χ2v) is 5.79. The van der Waals surface area contributed by atoms with Gasteiger partial charge in [0.25, 0.3) is 0 Å². The molecule has 0 atom stereocenters. The highest BCUT2D eigenvalue weighted by Gasteiger charge is 2.11. The molecule has 2 heterocycles. The first kappa shape index (κ1) is 14.5. The van der Waals surface area contributed by atoms with Crippen LogP contribution in [0.4, 0.5) is 5.69 Å². The Morgan fingerprint density at radius 1 is 1.50 bits per heavy atom. The van der Waals surface area contributed by atoms with E-state index in [0.717, 1.165) is 22.8 Å². The van der Waals surface area contributed by atoms with Gasteiger partial charge in [-0.2, -0.15) is 5.10 Å². The van der Waals surface area contributed by atoms with Crippen LogP contribution in [-0.4, -0.2) is 20.7 Å². The Hall–Kier alpha value is -1.89. The smallest absolute Gasteiger partial charge is 0.242 e. The number of hydrogen-bond acceptors (Lipinski definition) is 5. The quantitative estimate of drug-likeness (QED) is 0.873. The van der Waals surface area contributed by atoms with E-state index in [9.17, 15) is 4.79 Å². The molecule has 108 valence electrons. The van der Waals surface area contributed by atoms with E-state index < -0.39 is 0 Å². The van der Waals surface area contributed by atoms with Crippen LogP contribution in [0.15, 0.2) is 6.20 Å². The van der Waals surface area contributed by atoms with E-state index in [0.29, 0.717) is 12.2 Å². The van der Waals surface area contributed by atoms with Crippen molar-refractivity contribution >= 4 is 22.9 Å². The number of carbonyl (C=O) groups excluding carboxylic acids is 1. The zero-order valence-corrected chi connectivity index (χ0v) is 12.8. The zero-order chi connectivity index (χ0) is 14.7. The van der Waals surface area contributed by atoms with Crippen molar-refractivity contribution in [2.75, 3.05) is 5.73 Å². The molecule has 0 unspecified atom stereocenters. The summed E-state index contributed by atoms with van der Waals surface area (Å²) < 4.78 is 1.62. The summed E-state index contributed by atoms with van der Waals surface area (Å²) in [4.78, 5) is 17.4. The van der Waals surface area contributed by atoms with Crippen molar-refractivity contribution in [2.24, 2.45) is 0 Å². The molecule has 0 spiro atoms. The number of carbonyl (C=O) groups is 1. The van der Waals surface area contributed by atoms with Crippen molar-refractivity contribution in [3.63, 3.8) is 0 Å². The molecular formula is C13H19N5OS. The summed E-state index contributed by atoms with van der Waals surface area (Å²) in [7, 11) is 0. The van der Waals surface area contributed by atoms with Gasteiger partial charge in [-0.15, -0.1) is 11.3 Å². The van der Waals surface area contributed by atoms with Gasteiger partial charge in [0.1, 0.15) is 11.6 Å². The third kappa shape index (κ3) is 3.16. The number of rotatable bonds is 5. The highest BCUT2D eigenvalue weighted by Crippen LogP contribution is 2.15. The van der Waals surface area contributed by atoms with Crippen molar-refractivity contribution < 1.29 is 4.79 Å². The third-order valence-corrected chi connectivity index (χ3v) is 4.26. The van der Waals surface area contributed by atoms with Crippen molar-refractivity contribution in [1.82, 2.24) is 20.1 Å². The highest BCUT2D eigenvalue weighted by atomic mass is 32.1. The van der Waals surface area contributed by atoms with E-state index in [4.69, 9.17) is 5.73 Å². The fourth-order valence-electron chi connectivity index (χ4n) is 1.82. The number of thiazole rings is 1. The first-order valence-corrected chi connectivity index (χ1v) is 7.32. The minimum Gasteiger partial charge on any atom is -0.396 e. The van der Waals surface area contributed by atoms with Crippen molar-refractivity contribution in [2.45, 2.75) is 40.3 Å². The molecule has 1 amide bonds. The molecule has 7 heteroatoms. The van der Waals surface area contributed by atoms with Gasteiger partial charge in [-0.3, -0.25) is 9.48 Å². The number of amides is 1. The molecule has 0 fully saturated rings. The number of nitrogens with two attached hydrogens (primary N) is 1. The topological polar surface area (TPSA) is 85.8 Å². The number of hydrogen-bond donors (Lipinski definition) is 2. The fourth-order valence-corrected chi connectivity index (χ4v) is 2.63. The van der Waals surface area contributed by atoms with Gasteiger partial charge < -0.3 is 11.1 Å². The number of nitrogen functional groups attached to an aromatic ring is 1. The Bertz CT molecular complexity index is 616. The number of anilines is 1. The largest absolute Gasteiger partial charge is 0.396 e. The van der Waals surface area contributed by atoms with Gasteiger partial charge in [-0.1, -0.05) is 6.92 Å². The highest BCUT2D eigenvalue weighted by molar-refractivity contribution is 7.11. The molecule has 2 aromatic rings. The number of aryl methyl sites for hydroxylation is 2. The molecule has 0 saturated heterocycles. The number of nitrogens with one attached hydrogen (secondary N) is 1. The summed E-state index contributed by atoms with van der Waals surface area (Å²) in [5.74, 6) is -0.0937. The van der Waals surface area contributed by atoms with E-state index >= 15 is 0 Å². The van der Waals surface area contributed by atoms with Crippen LogP contribution in [0.2, 0.25) is 0 Å². The maximum absolute atomic E-state index is 11.9. The molecule has 0 aliphatic carbocycles. The summed E-state index contributed by atoms with van der Waals surface area (Å²) in [6, 6.07) is 0. The van der Waals surface area contributed by atoms with Gasteiger partial charge in [-0.05, 0) is 20.3 Å². The molecular weight excluding hydrogens is 274 g/mol. The first-order chi connectivity index (χ1) is 9.51. The van der Waals surface area contributed by atoms with Crippen LogP contribution >= 0.6 is 11.3 Å². The molecule has 0 saturated carbocycles. The van der Waals surface area contributed by atoms with Gasteiger partial charge >= 0.3 is 0 Å². The minimum atomic E-state index is -0.0937. The van der Waals surface area contributed by atoms with Crippen LogP contribution in [-0.2, 0) is 24.3 Å². The Labute approximate surface area is 122 Å². The lowest BCUT2D eigenvalue weighted by Gasteiger charge is -2.05. The summed E-state index contributed by atoms with van der Waals surface area (Å²) in [5.41, 5.74) is 8.05. The predicted octanol–water partition coefficient (Wildman–Crippen LogP) is 1.42. The van der Waals surface area contributed by atoms with E-state index in [1.54, 1.807) is 16.0 Å². The molecule has 0 radical (unpaired) electrons. The van der Waals surface area contributed by atoms with E-state index in [2.05, 4.69) is 22.3 Å². The van der Waals surface area contributed by atoms with Crippen LogP contribution in [0.3, 0.4) is 0 Å². The number of aromatic nitrogens is 3. The lowest BCUT2D eigenvalue weighted by atomic mass is 10.3. The monoisotopic (exact) mass is 293 g/mol. The molecule has 2 aromatic heterocycles. The molecule has 2 rings (SSSR count). The Kier molecular flexibility index (Phi) is 4.39. The SMILES string of the molecule is CCc1cnc(CNC(=O)Cn2nc(C)c(N)c2C)s1. The first-order valence-electron chi connectivity index (χ1n) is 6.51. The van der Waals surface area contributed by atoms with Crippen LogP contribution < -0.4 is 11.1 Å². The zero-order valence-electron chi connectivity index (χ0n) is 11.9. The van der Waals surface area contributed by atoms with Gasteiger partial charge in [0.05, 0.1) is 23.6 Å². The summed E-state index contributed by atoms with van der Waals surface area (Å²) >= 11 is 1.62. The van der Waals surface area contributed by atoms with Crippen molar-refractivity contribution in [1.29, 1.82) is 0 Å². The minimum absolute atomic E-state index is 0.0937. The average Bonchev–Trinajstić information content (AvgIpc) is 2.98. The second kappa shape index (κ2) is 6.04. The molecule has 3 N–H and O–H groups in total. The van der Waals surface area contributed by atoms with Crippen molar-refractivity contribution in [3.05, 3.63) is 27.5 Å². The molecule has 0 aliphatic heterocycles. The second-order valence-electron chi connectivity index (χ2n) is 4.59. The predicted molar refractivity (Wildman–Crippen MR) is 79.5 cm³/mol. The standard InChI is InChI=1S/C13H19N5OS/c1-4-10-5-16-12(20-10)6-15-11(19)7-18-9(3)13(14)8(2)17-18/h5H,4,6-7,14H2,1-3H3,(H,15,19). The van der Waals surface area contributed by atoms with Crippen LogP contribution in [0.1, 0.15) is 28.2 Å². The lowest BCUT2D eigenvalue weighted by Crippen LogP contribution is -2.27. The van der Waals surface area contributed by atoms with Crippen molar-refractivity contribution in [3.8, 4) is 0 Å². The maximum atomic E-state index is 11.9. The summed E-state index contributed by atoms with van der Waals surface area (Å²) in [6.07, 6.45) is 2.82. The van der Waals surface area contributed by atoms with Gasteiger partial charge in [0, 0.05) is 11.1 Å². The Morgan fingerprint density at radius 2 is 2.25 bits per heavy atom. The molecule has 0 aromatic carbocycles.